The number of nitrogen functional groups attached to an aromatic ring is 1. The Bertz CT molecular complexity index is 946. The van der Waals surface area contributed by atoms with Gasteiger partial charge in [-0.25, -0.2) is 0 Å². The fraction of sp³-hybridized carbons (Fsp3) is 0.318. The first-order valence-electron chi connectivity index (χ1n) is 9.41. The second-order valence-electron chi connectivity index (χ2n) is 7.24. The summed E-state index contributed by atoms with van der Waals surface area (Å²) >= 11 is 0. The molecule has 1 amide bonds. The van der Waals surface area contributed by atoms with Crippen molar-refractivity contribution in [2.45, 2.75) is 25.8 Å². The molecule has 1 unspecified atom stereocenters. The summed E-state index contributed by atoms with van der Waals surface area (Å²) in [6.07, 6.45) is 1.98. The Hall–Kier alpha value is -2.95. The van der Waals surface area contributed by atoms with E-state index in [9.17, 15) is 4.79 Å². The summed E-state index contributed by atoms with van der Waals surface area (Å²) < 4.78 is 5.94. The molecule has 2 heterocycles. The molecule has 1 aromatic heterocycles. The van der Waals surface area contributed by atoms with E-state index in [-0.39, 0.29) is 11.9 Å². The maximum absolute atomic E-state index is 12.9. The van der Waals surface area contributed by atoms with E-state index in [1.54, 1.807) is 4.90 Å². The minimum atomic E-state index is -0.130. The van der Waals surface area contributed by atoms with Gasteiger partial charge >= 0.3 is 0 Å². The standard InChI is InChI=1S/C22H25N3O2/c1-15(21-13-16-7-3-4-11-20(16)27-21)24(2)22(26)14-25-12-6-8-17-18(23)9-5-10-19(17)25/h3-5,7,9-11,13,15H,6,8,12,14,23H2,1-2H3. The van der Waals surface area contributed by atoms with Crippen molar-refractivity contribution in [1.82, 2.24) is 4.90 Å². The van der Waals surface area contributed by atoms with Gasteiger partial charge in [-0.3, -0.25) is 4.79 Å². The first kappa shape index (κ1) is 17.5. The molecule has 0 fully saturated rings. The normalized spacial score (nSPS) is 14.8. The molecule has 5 heteroatoms. The van der Waals surface area contributed by atoms with Gasteiger partial charge in [0.2, 0.25) is 5.91 Å². The van der Waals surface area contributed by atoms with Crippen LogP contribution in [0, 0.1) is 0 Å². The zero-order valence-electron chi connectivity index (χ0n) is 15.8. The monoisotopic (exact) mass is 363 g/mol. The summed E-state index contributed by atoms with van der Waals surface area (Å²) in [7, 11) is 1.84. The number of rotatable bonds is 4. The number of hydrogen-bond donors (Lipinski definition) is 1. The third-order valence-corrected chi connectivity index (χ3v) is 5.54. The second kappa shape index (κ2) is 6.99. The van der Waals surface area contributed by atoms with E-state index in [0.717, 1.165) is 53.1 Å². The van der Waals surface area contributed by atoms with Gasteiger partial charge in [0.05, 0.1) is 12.6 Å². The fourth-order valence-electron chi connectivity index (χ4n) is 3.78. The van der Waals surface area contributed by atoms with Gasteiger partial charge in [0.15, 0.2) is 0 Å². The van der Waals surface area contributed by atoms with Gasteiger partial charge in [-0.15, -0.1) is 0 Å². The fourth-order valence-corrected chi connectivity index (χ4v) is 3.78. The highest BCUT2D eigenvalue weighted by Crippen LogP contribution is 2.32. The van der Waals surface area contributed by atoms with Crippen LogP contribution in [0.15, 0.2) is 52.9 Å². The van der Waals surface area contributed by atoms with Crippen molar-refractivity contribution in [3.63, 3.8) is 0 Å². The van der Waals surface area contributed by atoms with E-state index >= 15 is 0 Å². The number of nitrogens with zero attached hydrogens (tertiary/aromatic N) is 2. The first-order chi connectivity index (χ1) is 13.0. The van der Waals surface area contributed by atoms with Gasteiger partial charge in [-0.05, 0) is 49.6 Å². The van der Waals surface area contributed by atoms with Crippen molar-refractivity contribution in [2.75, 3.05) is 30.8 Å². The number of nitrogens with two attached hydrogens (primary N) is 1. The number of carbonyl (C=O) groups is 1. The van der Waals surface area contributed by atoms with E-state index in [4.69, 9.17) is 10.2 Å². The number of para-hydroxylation sites is 1. The first-order valence-corrected chi connectivity index (χ1v) is 9.41. The summed E-state index contributed by atoms with van der Waals surface area (Å²) in [5.74, 6) is 0.869. The smallest absolute Gasteiger partial charge is 0.242 e. The van der Waals surface area contributed by atoms with Crippen LogP contribution in [0.4, 0.5) is 11.4 Å². The molecule has 0 aliphatic carbocycles. The summed E-state index contributed by atoms with van der Waals surface area (Å²) in [5, 5.41) is 1.06. The Labute approximate surface area is 159 Å². The van der Waals surface area contributed by atoms with Crippen LogP contribution in [0.3, 0.4) is 0 Å². The van der Waals surface area contributed by atoms with Gasteiger partial charge in [0.1, 0.15) is 11.3 Å². The Morgan fingerprint density at radius 1 is 1.26 bits per heavy atom. The third-order valence-electron chi connectivity index (χ3n) is 5.54. The van der Waals surface area contributed by atoms with Crippen LogP contribution in [0.2, 0.25) is 0 Å². The average Bonchev–Trinajstić information content (AvgIpc) is 3.12. The van der Waals surface area contributed by atoms with E-state index in [2.05, 4.69) is 11.0 Å². The van der Waals surface area contributed by atoms with Crippen molar-refractivity contribution in [2.24, 2.45) is 0 Å². The lowest BCUT2D eigenvalue weighted by atomic mass is 10.00. The van der Waals surface area contributed by atoms with Crippen LogP contribution < -0.4 is 10.6 Å². The van der Waals surface area contributed by atoms with Crippen molar-refractivity contribution >= 4 is 28.3 Å². The lowest BCUT2D eigenvalue weighted by Gasteiger charge is -2.33. The van der Waals surface area contributed by atoms with E-state index in [0.29, 0.717) is 6.54 Å². The minimum Gasteiger partial charge on any atom is -0.459 e. The van der Waals surface area contributed by atoms with Gasteiger partial charge in [-0.1, -0.05) is 24.3 Å². The molecule has 2 aromatic carbocycles. The van der Waals surface area contributed by atoms with Crippen LogP contribution in [0.1, 0.15) is 30.7 Å². The highest BCUT2D eigenvalue weighted by molar-refractivity contribution is 5.83. The maximum Gasteiger partial charge on any atom is 0.242 e. The SMILES string of the molecule is CC(c1cc2ccccc2o1)N(C)C(=O)CN1CCCc2c(N)cccc21. The van der Waals surface area contributed by atoms with E-state index < -0.39 is 0 Å². The highest BCUT2D eigenvalue weighted by Gasteiger charge is 2.25. The zero-order chi connectivity index (χ0) is 19.0. The third kappa shape index (κ3) is 3.25. The Morgan fingerprint density at radius 3 is 2.89 bits per heavy atom. The lowest BCUT2D eigenvalue weighted by Crippen LogP contribution is -2.41. The van der Waals surface area contributed by atoms with Crippen LogP contribution >= 0.6 is 0 Å². The molecule has 0 radical (unpaired) electrons. The molecule has 3 aromatic rings. The maximum atomic E-state index is 12.9. The van der Waals surface area contributed by atoms with Gasteiger partial charge < -0.3 is 20.0 Å². The van der Waals surface area contributed by atoms with E-state index in [1.165, 1.54) is 0 Å². The zero-order valence-corrected chi connectivity index (χ0v) is 15.8. The Kier molecular flexibility index (Phi) is 4.52. The average molecular weight is 363 g/mol. The summed E-state index contributed by atoms with van der Waals surface area (Å²) in [4.78, 5) is 16.8. The number of likely N-dealkylation sites (N-methyl/N-ethyl adjacent to an activating group) is 1. The second-order valence-corrected chi connectivity index (χ2v) is 7.24. The molecule has 0 saturated carbocycles. The van der Waals surface area contributed by atoms with Crippen molar-refractivity contribution < 1.29 is 9.21 Å². The number of benzene rings is 2. The van der Waals surface area contributed by atoms with Crippen LogP contribution in [-0.2, 0) is 11.2 Å². The summed E-state index contributed by atoms with van der Waals surface area (Å²) in [6, 6.07) is 15.7. The molecule has 0 saturated heterocycles. The van der Waals surface area contributed by atoms with Crippen molar-refractivity contribution in [1.29, 1.82) is 0 Å². The number of carbonyl (C=O) groups excluding carboxylic acids is 1. The molecule has 1 aliphatic heterocycles. The molecule has 1 aliphatic rings. The Morgan fingerprint density at radius 2 is 2.07 bits per heavy atom. The molecule has 140 valence electrons. The number of amides is 1. The summed E-state index contributed by atoms with van der Waals surface area (Å²) in [6.45, 7) is 3.21. The number of anilines is 2. The number of hydrogen-bond acceptors (Lipinski definition) is 4. The summed E-state index contributed by atoms with van der Waals surface area (Å²) in [5.41, 5.74) is 10.0. The lowest BCUT2D eigenvalue weighted by molar-refractivity contribution is -0.130. The predicted molar refractivity (Wildman–Crippen MR) is 109 cm³/mol. The quantitative estimate of drug-likeness (QED) is 0.712. The molecule has 2 N–H and O–H groups in total. The topological polar surface area (TPSA) is 62.7 Å². The Balaban J connectivity index is 1.51. The molecule has 1 atom stereocenters. The van der Waals surface area contributed by atoms with Gasteiger partial charge in [0, 0.05) is 30.4 Å². The van der Waals surface area contributed by atoms with Gasteiger partial charge in [-0.2, -0.15) is 0 Å². The molecule has 0 spiro atoms. The number of furan rings is 1. The van der Waals surface area contributed by atoms with Crippen LogP contribution in [0.5, 0.6) is 0 Å². The van der Waals surface area contributed by atoms with Crippen LogP contribution in [0.25, 0.3) is 11.0 Å². The molecule has 4 rings (SSSR count). The van der Waals surface area contributed by atoms with Gasteiger partial charge in [0.25, 0.3) is 0 Å². The van der Waals surface area contributed by atoms with Crippen molar-refractivity contribution in [3.8, 4) is 0 Å². The molecule has 27 heavy (non-hydrogen) atoms. The minimum absolute atomic E-state index is 0.0678. The highest BCUT2D eigenvalue weighted by atomic mass is 16.3. The predicted octanol–water partition coefficient (Wildman–Crippen LogP) is 3.99. The molecular formula is C22H25N3O2. The van der Waals surface area contributed by atoms with E-state index in [1.807, 2.05) is 56.4 Å². The molecule has 5 nitrogen and oxygen atoms in total. The molecular weight excluding hydrogens is 338 g/mol. The van der Waals surface area contributed by atoms with Crippen molar-refractivity contribution in [3.05, 3.63) is 59.9 Å². The largest absolute Gasteiger partial charge is 0.459 e. The number of fused-ring (bicyclic) bond motifs is 2. The van der Waals surface area contributed by atoms with Crippen LogP contribution in [-0.4, -0.2) is 30.9 Å². The molecule has 0 bridgehead atoms.